The number of ether oxygens (including phenoxy) is 1. The van der Waals surface area contributed by atoms with Gasteiger partial charge in [0.2, 0.25) is 0 Å². The third-order valence-electron chi connectivity index (χ3n) is 4.45. The highest BCUT2D eigenvalue weighted by Crippen LogP contribution is 2.25. The monoisotopic (exact) mass is 342 g/mol. The minimum Gasteiger partial charge on any atom is -0.452 e. The minimum absolute atomic E-state index is 0.157. The van der Waals surface area contributed by atoms with Gasteiger partial charge < -0.3 is 14.2 Å². The van der Waals surface area contributed by atoms with Crippen molar-refractivity contribution in [2.24, 2.45) is 5.92 Å². The number of piperidine rings is 1. The highest BCUT2D eigenvalue weighted by atomic mass is 16.5. The molecule has 1 aliphatic rings. The predicted molar refractivity (Wildman–Crippen MR) is 91.9 cm³/mol. The Bertz CT molecular complexity index is 754. The van der Waals surface area contributed by atoms with E-state index in [0.29, 0.717) is 17.4 Å². The maximum Gasteiger partial charge on any atom is 0.344 e. The number of hydrogen-bond donors (Lipinski definition) is 0. The summed E-state index contributed by atoms with van der Waals surface area (Å²) < 4.78 is 10.4. The predicted octanol–water partition coefficient (Wildman–Crippen LogP) is 3.07. The molecule has 0 unspecified atom stereocenters. The number of amides is 1. The van der Waals surface area contributed by atoms with Crippen molar-refractivity contribution >= 4 is 11.9 Å². The molecular weight excluding hydrogens is 320 g/mol. The first-order chi connectivity index (χ1) is 12.1. The number of aryl methyl sites for hydroxylation is 1. The van der Waals surface area contributed by atoms with Crippen LogP contribution < -0.4 is 0 Å². The first kappa shape index (κ1) is 17.2. The van der Waals surface area contributed by atoms with Crippen LogP contribution in [-0.2, 0) is 9.53 Å². The normalized spacial score (nSPS) is 17.4. The molecule has 2 aromatic rings. The molecule has 0 N–H and O–H groups in total. The van der Waals surface area contributed by atoms with E-state index in [2.05, 4.69) is 12.1 Å². The number of likely N-dealkylation sites (tertiary alicyclic amines) is 1. The number of benzene rings is 1. The van der Waals surface area contributed by atoms with Crippen molar-refractivity contribution in [2.45, 2.75) is 26.7 Å². The van der Waals surface area contributed by atoms with Gasteiger partial charge in [0.1, 0.15) is 17.0 Å². The van der Waals surface area contributed by atoms with Gasteiger partial charge in [0.05, 0.1) is 0 Å². The van der Waals surface area contributed by atoms with Crippen LogP contribution in [-0.4, -0.2) is 41.6 Å². The van der Waals surface area contributed by atoms with Crippen LogP contribution in [0.25, 0.3) is 11.3 Å². The van der Waals surface area contributed by atoms with Crippen LogP contribution in [0, 0.1) is 12.8 Å². The van der Waals surface area contributed by atoms with E-state index >= 15 is 0 Å². The Morgan fingerprint density at radius 2 is 2.08 bits per heavy atom. The fraction of sp³-hybridized carbons (Fsp3) is 0.421. The number of esters is 1. The molecule has 0 aliphatic carbocycles. The van der Waals surface area contributed by atoms with Crippen molar-refractivity contribution in [1.82, 2.24) is 10.1 Å². The molecule has 0 spiro atoms. The molecule has 3 rings (SSSR count). The number of rotatable bonds is 4. The van der Waals surface area contributed by atoms with Crippen LogP contribution in [0.3, 0.4) is 0 Å². The summed E-state index contributed by atoms with van der Waals surface area (Å²) in [7, 11) is 0. The zero-order valence-corrected chi connectivity index (χ0v) is 14.5. The number of carbonyl (C=O) groups excluding carboxylic acids is 2. The van der Waals surface area contributed by atoms with E-state index < -0.39 is 5.97 Å². The highest BCUT2D eigenvalue weighted by molar-refractivity contribution is 5.98. The maximum atomic E-state index is 12.5. The van der Waals surface area contributed by atoms with Gasteiger partial charge in [-0.25, -0.2) is 4.79 Å². The molecule has 25 heavy (non-hydrogen) atoms. The summed E-state index contributed by atoms with van der Waals surface area (Å²) in [6, 6.07) is 9.28. The summed E-state index contributed by atoms with van der Waals surface area (Å²) in [4.78, 5) is 26.5. The average molecular weight is 342 g/mol. The van der Waals surface area contributed by atoms with Gasteiger partial charge in [-0.1, -0.05) is 42.4 Å². The van der Waals surface area contributed by atoms with Crippen molar-refractivity contribution in [3.05, 3.63) is 41.7 Å². The van der Waals surface area contributed by atoms with Gasteiger partial charge in [0, 0.05) is 18.7 Å². The van der Waals surface area contributed by atoms with Gasteiger partial charge in [0.15, 0.2) is 6.61 Å². The first-order valence-corrected chi connectivity index (χ1v) is 8.53. The lowest BCUT2D eigenvalue weighted by molar-refractivity contribution is -0.136. The lowest BCUT2D eigenvalue weighted by Gasteiger charge is -2.30. The number of nitrogens with zero attached hydrogens (tertiary/aromatic N) is 2. The van der Waals surface area contributed by atoms with Gasteiger partial charge in [-0.05, 0) is 25.7 Å². The Morgan fingerprint density at radius 1 is 1.32 bits per heavy atom. The quantitative estimate of drug-likeness (QED) is 0.799. The minimum atomic E-state index is -0.587. The lowest BCUT2D eigenvalue weighted by atomic mass is 10.0. The number of aromatic nitrogens is 1. The second-order valence-electron chi connectivity index (χ2n) is 6.49. The van der Waals surface area contributed by atoms with Crippen molar-refractivity contribution < 1.29 is 18.8 Å². The molecule has 2 heterocycles. The van der Waals surface area contributed by atoms with Gasteiger partial charge >= 0.3 is 5.97 Å². The second kappa shape index (κ2) is 7.51. The molecule has 1 amide bonds. The van der Waals surface area contributed by atoms with Crippen LogP contribution in [0.15, 0.2) is 34.9 Å². The largest absolute Gasteiger partial charge is 0.452 e. The molecule has 0 saturated carbocycles. The van der Waals surface area contributed by atoms with Crippen LogP contribution in [0.4, 0.5) is 0 Å². The third-order valence-corrected chi connectivity index (χ3v) is 4.45. The van der Waals surface area contributed by atoms with Crippen LogP contribution >= 0.6 is 0 Å². The van der Waals surface area contributed by atoms with Crippen molar-refractivity contribution in [2.75, 3.05) is 19.7 Å². The van der Waals surface area contributed by atoms with Crippen LogP contribution in [0.2, 0.25) is 0 Å². The zero-order valence-electron chi connectivity index (χ0n) is 14.5. The smallest absolute Gasteiger partial charge is 0.344 e. The molecule has 1 fully saturated rings. The van der Waals surface area contributed by atoms with Crippen LogP contribution in [0.1, 0.15) is 35.9 Å². The second-order valence-corrected chi connectivity index (χ2v) is 6.49. The fourth-order valence-electron chi connectivity index (χ4n) is 3.11. The van der Waals surface area contributed by atoms with E-state index in [9.17, 15) is 9.59 Å². The van der Waals surface area contributed by atoms with Crippen molar-refractivity contribution in [3.63, 3.8) is 0 Å². The molecule has 1 aliphatic heterocycles. The highest BCUT2D eigenvalue weighted by Gasteiger charge is 2.26. The number of carbonyl (C=O) groups is 2. The molecule has 132 valence electrons. The summed E-state index contributed by atoms with van der Waals surface area (Å²) in [5.41, 5.74) is 1.47. The number of hydrogen-bond acceptors (Lipinski definition) is 5. The summed E-state index contributed by atoms with van der Waals surface area (Å²) >= 11 is 0. The zero-order chi connectivity index (χ0) is 17.8. The molecule has 1 aromatic carbocycles. The standard InChI is InChI=1S/C19H22N2O4/c1-13-7-6-10-21(11-13)16(22)12-24-19(23)17-14(2)25-20-18(17)15-8-4-3-5-9-15/h3-5,8-9,13H,6-7,10-12H2,1-2H3/t13-/m0/s1. The van der Waals surface area contributed by atoms with E-state index in [1.807, 2.05) is 30.3 Å². The Balaban J connectivity index is 1.68. The summed E-state index contributed by atoms with van der Waals surface area (Å²) in [5, 5.41) is 3.96. The first-order valence-electron chi connectivity index (χ1n) is 8.53. The van der Waals surface area contributed by atoms with E-state index in [0.717, 1.165) is 31.5 Å². The van der Waals surface area contributed by atoms with E-state index in [4.69, 9.17) is 9.26 Å². The summed E-state index contributed by atoms with van der Waals surface area (Å²) in [6.45, 7) is 4.97. The van der Waals surface area contributed by atoms with Gasteiger partial charge in [-0.3, -0.25) is 4.79 Å². The molecule has 1 saturated heterocycles. The molecular formula is C19H22N2O4. The molecule has 6 nitrogen and oxygen atoms in total. The third kappa shape index (κ3) is 3.90. The molecule has 0 radical (unpaired) electrons. The molecule has 6 heteroatoms. The Hall–Kier alpha value is -2.63. The molecule has 0 bridgehead atoms. The van der Waals surface area contributed by atoms with Gasteiger partial charge in [-0.15, -0.1) is 0 Å². The van der Waals surface area contributed by atoms with E-state index in [1.54, 1.807) is 11.8 Å². The Kier molecular flexibility index (Phi) is 5.16. The average Bonchev–Trinajstić information content (AvgIpc) is 3.02. The Morgan fingerprint density at radius 3 is 2.80 bits per heavy atom. The van der Waals surface area contributed by atoms with Crippen molar-refractivity contribution in [3.8, 4) is 11.3 Å². The van der Waals surface area contributed by atoms with Gasteiger partial charge in [0.25, 0.3) is 5.91 Å². The summed E-state index contributed by atoms with van der Waals surface area (Å²) in [5.74, 6) is 0.118. The SMILES string of the molecule is Cc1onc(-c2ccccc2)c1C(=O)OCC(=O)N1CCC[C@H](C)C1. The maximum absolute atomic E-state index is 12.5. The fourth-order valence-corrected chi connectivity index (χ4v) is 3.11. The lowest BCUT2D eigenvalue weighted by Crippen LogP contribution is -2.41. The van der Waals surface area contributed by atoms with E-state index in [1.165, 1.54) is 0 Å². The van der Waals surface area contributed by atoms with E-state index in [-0.39, 0.29) is 18.1 Å². The van der Waals surface area contributed by atoms with Crippen molar-refractivity contribution in [1.29, 1.82) is 0 Å². The topological polar surface area (TPSA) is 72.6 Å². The molecule has 1 atom stereocenters. The van der Waals surface area contributed by atoms with Crippen LogP contribution in [0.5, 0.6) is 0 Å². The van der Waals surface area contributed by atoms with Gasteiger partial charge in [-0.2, -0.15) is 0 Å². The summed E-state index contributed by atoms with van der Waals surface area (Å²) in [6.07, 6.45) is 2.12. The Labute approximate surface area is 146 Å². The molecule has 1 aromatic heterocycles.